The van der Waals surface area contributed by atoms with E-state index in [0.717, 1.165) is 46.6 Å². The molecular weight excluding hydrogens is 408 g/mol. The fourth-order valence-corrected chi connectivity index (χ4v) is 5.08. The molecular formula is C27H24N6. The second kappa shape index (κ2) is 7.66. The number of allylic oxidation sites excluding steroid dienone is 2. The molecule has 162 valence electrons. The van der Waals surface area contributed by atoms with E-state index in [9.17, 15) is 0 Å². The molecule has 0 aliphatic heterocycles. The Hall–Kier alpha value is -3.80. The molecule has 0 unspecified atom stereocenters. The maximum absolute atomic E-state index is 4.92. The lowest BCUT2D eigenvalue weighted by Crippen LogP contribution is -2.47. The zero-order valence-electron chi connectivity index (χ0n) is 18.7. The first-order chi connectivity index (χ1) is 16.1. The van der Waals surface area contributed by atoms with Gasteiger partial charge in [-0.1, -0.05) is 32.1 Å². The Balaban J connectivity index is 1.34. The van der Waals surface area contributed by atoms with E-state index in [4.69, 9.17) is 15.0 Å². The predicted molar refractivity (Wildman–Crippen MR) is 127 cm³/mol. The van der Waals surface area contributed by atoms with Crippen LogP contribution in [0.25, 0.3) is 39.9 Å². The third-order valence-electron chi connectivity index (χ3n) is 7.21. The molecule has 1 fully saturated rings. The van der Waals surface area contributed by atoms with Gasteiger partial charge in [-0.15, -0.1) is 0 Å². The van der Waals surface area contributed by atoms with Crippen molar-refractivity contribution in [2.24, 2.45) is 17.3 Å². The van der Waals surface area contributed by atoms with E-state index >= 15 is 0 Å². The van der Waals surface area contributed by atoms with E-state index in [2.05, 4.69) is 34.9 Å². The number of fused-ring (bicyclic) bond motifs is 1. The van der Waals surface area contributed by atoms with E-state index in [0.29, 0.717) is 17.2 Å². The molecule has 0 amide bonds. The summed E-state index contributed by atoms with van der Waals surface area (Å²) in [5, 5.41) is 0. The highest BCUT2D eigenvalue weighted by Gasteiger charge is 2.52. The topological polar surface area (TPSA) is 77.3 Å². The van der Waals surface area contributed by atoms with E-state index in [-0.39, 0.29) is 0 Å². The monoisotopic (exact) mass is 432 g/mol. The second-order valence-electron chi connectivity index (χ2n) is 9.36. The SMILES string of the molecule is CC1(C)[C@H]2CC=C(c3nccc(-c4cccc(-c5ccnc(-c6ccccn6)n5)n4)n3)[C@@H]1C2. The summed E-state index contributed by atoms with van der Waals surface area (Å²) in [4.78, 5) is 27.8. The summed E-state index contributed by atoms with van der Waals surface area (Å²) in [6, 6.07) is 15.4. The maximum Gasteiger partial charge on any atom is 0.178 e. The van der Waals surface area contributed by atoms with Crippen molar-refractivity contribution in [3.63, 3.8) is 0 Å². The zero-order chi connectivity index (χ0) is 22.4. The van der Waals surface area contributed by atoms with Crippen molar-refractivity contribution in [1.82, 2.24) is 29.9 Å². The average molecular weight is 433 g/mol. The first kappa shape index (κ1) is 19.9. The van der Waals surface area contributed by atoms with Crippen molar-refractivity contribution in [3.05, 3.63) is 79.0 Å². The van der Waals surface area contributed by atoms with Gasteiger partial charge >= 0.3 is 0 Å². The van der Waals surface area contributed by atoms with Crippen molar-refractivity contribution < 1.29 is 0 Å². The molecule has 4 heterocycles. The minimum absolute atomic E-state index is 0.333. The van der Waals surface area contributed by atoms with Crippen molar-refractivity contribution in [1.29, 1.82) is 0 Å². The van der Waals surface area contributed by atoms with Gasteiger partial charge in [0, 0.05) is 18.6 Å². The quantitative estimate of drug-likeness (QED) is 0.423. The molecule has 0 radical (unpaired) electrons. The summed E-state index contributed by atoms with van der Waals surface area (Å²) in [5.41, 5.74) is 5.50. The van der Waals surface area contributed by atoms with Crippen LogP contribution in [0.15, 0.2) is 73.2 Å². The summed E-state index contributed by atoms with van der Waals surface area (Å²) < 4.78 is 0. The number of pyridine rings is 2. The first-order valence-electron chi connectivity index (χ1n) is 11.4. The summed E-state index contributed by atoms with van der Waals surface area (Å²) in [7, 11) is 0. The Morgan fingerprint density at radius 3 is 2.00 bits per heavy atom. The van der Waals surface area contributed by atoms with Crippen LogP contribution >= 0.6 is 0 Å². The van der Waals surface area contributed by atoms with Gasteiger partial charge in [0.1, 0.15) is 5.69 Å². The molecule has 2 atom stereocenters. The molecule has 6 heteroatoms. The number of hydrogen-bond donors (Lipinski definition) is 0. The molecule has 33 heavy (non-hydrogen) atoms. The summed E-state index contributed by atoms with van der Waals surface area (Å²) >= 11 is 0. The van der Waals surface area contributed by atoms with Crippen LogP contribution in [0, 0.1) is 17.3 Å². The van der Waals surface area contributed by atoms with Gasteiger partial charge < -0.3 is 0 Å². The number of rotatable bonds is 4. The molecule has 0 spiro atoms. The highest BCUT2D eigenvalue weighted by Crippen LogP contribution is 2.61. The predicted octanol–water partition coefficient (Wildman–Crippen LogP) is 5.51. The van der Waals surface area contributed by atoms with E-state index in [1.165, 1.54) is 12.0 Å². The third kappa shape index (κ3) is 3.42. The molecule has 1 saturated carbocycles. The van der Waals surface area contributed by atoms with Crippen LogP contribution in [-0.4, -0.2) is 29.9 Å². The lowest BCUT2D eigenvalue weighted by Gasteiger charge is -2.56. The van der Waals surface area contributed by atoms with E-state index in [1.807, 2.05) is 54.7 Å². The van der Waals surface area contributed by atoms with Crippen LogP contribution in [-0.2, 0) is 0 Å². The Labute approximate surface area is 193 Å². The van der Waals surface area contributed by atoms with Gasteiger partial charge in [-0.3, -0.25) is 4.98 Å². The van der Waals surface area contributed by atoms with Crippen LogP contribution in [0.5, 0.6) is 0 Å². The highest BCUT2D eigenvalue weighted by atomic mass is 14.9. The lowest BCUT2D eigenvalue weighted by molar-refractivity contribution is 0.0109. The number of nitrogens with zero attached hydrogens (tertiary/aromatic N) is 6. The smallest absolute Gasteiger partial charge is 0.178 e. The number of hydrogen-bond acceptors (Lipinski definition) is 6. The van der Waals surface area contributed by atoms with E-state index < -0.39 is 0 Å². The van der Waals surface area contributed by atoms with Crippen molar-refractivity contribution in [3.8, 4) is 34.3 Å². The van der Waals surface area contributed by atoms with Gasteiger partial charge in [-0.05, 0) is 72.1 Å². The fraction of sp³-hybridized carbons (Fsp3) is 0.259. The van der Waals surface area contributed by atoms with Gasteiger partial charge in [-0.2, -0.15) is 0 Å². The van der Waals surface area contributed by atoms with Crippen LogP contribution in [0.4, 0.5) is 0 Å². The van der Waals surface area contributed by atoms with Crippen molar-refractivity contribution in [2.75, 3.05) is 0 Å². The Morgan fingerprint density at radius 2 is 1.33 bits per heavy atom. The molecule has 2 bridgehead atoms. The Morgan fingerprint density at radius 1 is 0.667 bits per heavy atom. The third-order valence-corrected chi connectivity index (χ3v) is 7.21. The maximum atomic E-state index is 4.92. The molecule has 7 rings (SSSR count). The molecule has 4 aromatic heterocycles. The van der Waals surface area contributed by atoms with Gasteiger partial charge in [0.15, 0.2) is 11.6 Å². The molecule has 3 aliphatic carbocycles. The summed E-state index contributed by atoms with van der Waals surface area (Å²) in [6.07, 6.45) is 10.0. The van der Waals surface area contributed by atoms with Crippen LogP contribution in [0.2, 0.25) is 0 Å². The molecule has 4 aromatic rings. The number of aromatic nitrogens is 6. The summed E-state index contributed by atoms with van der Waals surface area (Å²) in [6.45, 7) is 4.74. The van der Waals surface area contributed by atoms with Crippen LogP contribution in [0.1, 0.15) is 32.5 Å². The largest absolute Gasteiger partial charge is 0.253 e. The van der Waals surface area contributed by atoms with E-state index in [1.54, 1.807) is 12.4 Å². The minimum Gasteiger partial charge on any atom is -0.253 e. The normalized spacial score (nSPS) is 20.6. The Kier molecular flexibility index (Phi) is 4.61. The zero-order valence-corrected chi connectivity index (χ0v) is 18.7. The Bertz CT molecular complexity index is 1360. The highest BCUT2D eigenvalue weighted by molar-refractivity contribution is 5.69. The first-order valence-corrected chi connectivity index (χ1v) is 11.4. The molecule has 6 nitrogen and oxygen atoms in total. The molecule has 0 N–H and O–H groups in total. The van der Waals surface area contributed by atoms with Gasteiger partial charge in [0.05, 0.1) is 22.8 Å². The van der Waals surface area contributed by atoms with Crippen LogP contribution < -0.4 is 0 Å². The van der Waals surface area contributed by atoms with Crippen molar-refractivity contribution >= 4 is 5.57 Å². The average Bonchev–Trinajstić information content (AvgIpc) is 2.89. The lowest BCUT2D eigenvalue weighted by atomic mass is 9.49. The van der Waals surface area contributed by atoms with Gasteiger partial charge in [0.2, 0.25) is 0 Å². The molecule has 0 aromatic carbocycles. The van der Waals surface area contributed by atoms with Crippen molar-refractivity contribution in [2.45, 2.75) is 26.7 Å². The molecule has 0 saturated heterocycles. The standard InChI is InChI=1S/C27H24N6/c1-27(2)17-9-10-18(19(27)16-17)25-29-14-11-22(32-25)20-7-5-8-21(31-20)23-12-15-30-26(33-23)24-6-3-4-13-28-24/h3-8,10-15,17,19H,9,16H2,1-2H3/t17-,19-/m0/s1. The van der Waals surface area contributed by atoms with Gasteiger partial charge in [-0.25, -0.2) is 24.9 Å². The van der Waals surface area contributed by atoms with Crippen LogP contribution in [0.3, 0.4) is 0 Å². The summed E-state index contributed by atoms with van der Waals surface area (Å²) in [5.74, 6) is 2.74. The second-order valence-corrected chi connectivity index (χ2v) is 9.36. The van der Waals surface area contributed by atoms with Gasteiger partial charge in [0.25, 0.3) is 0 Å². The fourth-order valence-electron chi connectivity index (χ4n) is 5.08. The minimum atomic E-state index is 0.333. The molecule has 3 aliphatic rings.